The number of halogens is 3. The third-order valence-corrected chi connectivity index (χ3v) is 3.16. The summed E-state index contributed by atoms with van der Waals surface area (Å²) in [6, 6.07) is 4.06. The van der Waals surface area contributed by atoms with Gasteiger partial charge in [-0.2, -0.15) is 18.4 Å². The Morgan fingerprint density at radius 2 is 2.19 bits per heavy atom. The Labute approximate surface area is 117 Å². The van der Waals surface area contributed by atoms with Crippen LogP contribution in [0.2, 0.25) is 0 Å². The van der Waals surface area contributed by atoms with Crippen LogP contribution < -0.4 is 5.73 Å². The lowest BCUT2D eigenvalue weighted by atomic mass is 9.76. The number of pyridine rings is 1. The van der Waals surface area contributed by atoms with Crippen molar-refractivity contribution in [3.63, 3.8) is 0 Å². The highest BCUT2D eigenvalue weighted by Gasteiger charge is 2.56. The molecule has 1 unspecified atom stereocenters. The molecule has 8 heteroatoms. The Bertz CT molecular complexity index is 687. The summed E-state index contributed by atoms with van der Waals surface area (Å²) in [4.78, 5) is 18.4. The van der Waals surface area contributed by atoms with E-state index in [1.807, 2.05) is 0 Å². The zero-order valence-electron chi connectivity index (χ0n) is 10.6. The summed E-state index contributed by atoms with van der Waals surface area (Å²) in [5.74, 6) is -1.02. The SMILES string of the molecule is N#Cc1ncccc1C1(C(F)(F)F)C=C(C(N)=O)C=NC1. The van der Waals surface area contributed by atoms with Crippen LogP contribution in [0.5, 0.6) is 0 Å². The van der Waals surface area contributed by atoms with E-state index in [1.54, 1.807) is 6.07 Å². The van der Waals surface area contributed by atoms with E-state index >= 15 is 0 Å². The summed E-state index contributed by atoms with van der Waals surface area (Å²) in [6.45, 7) is -0.673. The van der Waals surface area contributed by atoms with Crippen LogP contribution >= 0.6 is 0 Å². The zero-order chi connectivity index (χ0) is 15.7. The number of hydrogen-bond acceptors (Lipinski definition) is 4. The van der Waals surface area contributed by atoms with Crippen LogP contribution in [0.25, 0.3) is 0 Å². The first kappa shape index (κ1) is 14.7. The molecule has 1 aromatic heterocycles. The van der Waals surface area contributed by atoms with Gasteiger partial charge in [-0.05, 0) is 12.1 Å². The summed E-state index contributed by atoms with van der Waals surface area (Å²) >= 11 is 0. The fourth-order valence-electron chi connectivity index (χ4n) is 2.11. The highest BCUT2D eigenvalue weighted by Crippen LogP contribution is 2.45. The number of carbonyl (C=O) groups is 1. The van der Waals surface area contributed by atoms with Gasteiger partial charge in [0.05, 0.1) is 12.1 Å². The van der Waals surface area contributed by atoms with Crippen LogP contribution in [0.4, 0.5) is 13.2 Å². The van der Waals surface area contributed by atoms with E-state index in [1.165, 1.54) is 12.3 Å². The molecule has 1 aliphatic rings. The van der Waals surface area contributed by atoms with Crippen LogP contribution in [0.15, 0.2) is 35.0 Å². The molecule has 0 radical (unpaired) electrons. The number of dihydropyridines is 1. The molecular formula is C13H9F3N4O. The number of aromatic nitrogens is 1. The van der Waals surface area contributed by atoms with E-state index in [4.69, 9.17) is 11.0 Å². The van der Waals surface area contributed by atoms with E-state index in [0.717, 1.165) is 12.3 Å². The van der Waals surface area contributed by atoms with Crippen LogP contribution in [0.3, 0.4) is 0 Å². The van der Waals surface area contributed by atoms with Gasteiger partial charge >= 0.3 is 6.18 Å². The average Bonchev–Trinajstić information content (AvgIpc) is 2.46. The highest BCUT2D eigenvalue weighted by molar-refractivity contribution is 6.12. The van der Waals surface area contributed by atoms with Crippen LogP contribution in [0.1, 0.15) is 11.3 Å². The van der Waals surface area contributed by atoms with Crippen molar-refractivity contribution in [1.29, 1.82) is 5.26 Å². The number of hydrogen-bond donors (Lipinski definition) is 1. The van der Waals surface area contributed by atoms with Crippen molar-refractivity contribution in [1.82, 2.24) is 4.98 Å². The number of primary amides is 1. The van der Waals surface area contributed by atoms with E-state index < -0.39 is 24.0 Å². The summed E-state index contributed by atoms with van der Waals surface area (Å²) in [5.41, 5.74) is 1.37. The molecule has 21 heavy (non-hydrogen) atoms. The van der Waals surface area contributed by atoms with Gasteiger partial charge in [0.1, 0.15) is 17.2 Å². The van der Waals surface area contributed by atoms with E-state index in [9.17, 15) is 18.0 Å². The van der Waals surface area contributed by atoms with Crippen molar-refractivity contribution in [2.24, 2.45) is 10.7 Å². The number of alkyl halides is 3. The third kappa shape index (κ3) is 2.38. The second-order valence-corrected chi connectivity index (χ2v) is 4.41. The molecule has 2 rings (SSSR count). The van der Waals surface area contributed by atoms with Gasteiger partial charge in [0, 0.05) is 18.0 Å². The molecule has 1 atom stereocenters. The first-order valence-corrected chi connectivity index (χ1v) is 5.76. The summed E-state index contributed by atoms with van der Waals surface area (Å²) in [7, 11) is 0. The van der Waals surface area contributed by atoms with Crippen molar-refractivity contribution in [3.8, 4) is 6.07 Å². The highest BCUT2D eigenvalue weighted by atomic mass is 19.4. The van der Waals surface area contributed by atoms with Gasteiger partial charge in [0.15, 0.2) is 0 Å². The normalized spacial score (nSPS) is 21.5. The number of carbonyl (C=O) groups excluding carboxylic acids is 1. The van der Waals surface area contributed by atoms with Crippen molar-refractivity contribution < 1.29 is 18.0 Å². The zero-order valence-corrected chi connectivity index (χ0v) is 10.6. The molecule has 1 amide bonds. The average molecular weight is 294 g/mol. The summed E-state index contributed by atoms with van der Waals surface area (Å²) in [5, 5.41) is 8.97. The summed E-state index contributed by atoms with van der Waals surface area (Å²) < 4.78 is 40.9. The van der Waals surface area contributed by atoms with Crippen molar-refractivity contribution >= 4 is 12.1 Å². The molecule has 1 aliphatic heterocycles. The Balaban J connectivity index is 2.74. The predicted octanol–water partition coefficient (Wildman–Crippen LogP) is 1.25. The topological polar surface area (TPSA) is 92.1 Å². The lowest BCUT2D eigenvalue weighted by molar-refractivity contribution is -0.173. The van der Waals surface area contributed by atoms with E-state index in [0.29, 0.717) is 6.08 Å². The number of aliphatic imine (C=N–C) groups is 1. The fraction of sp³-hybridized carbons (Fsp3) is 0.231. The standard InChI is InChI=1S/C13H9F3N4O/c14-13(15,16)12(4-8(11(18)21)6-19-7-12)9-2-1-3-20-10(9)5-17/h1-4,6H,7H2,(H2,18,21). The van der Waals surface area contributed by atoms with Gasteiger partial charge < -0.3 is 5.73 Å². The number of rotatable bonds is 2. The molecule has 5 nitrogen and oxygen atoms in total. The van der Waals surface area contributed by atoms with E-state index in [2.05, 4.69) is 9.98 Å². The molecule has 0 saturated carbocycles. The minimum atomic E-state index is -4.76. The quantitative estimate of drug-likeness (QED) is 0.889. The second-order valence-electron chi connectivity index (χ2n) is 4.41. The monoisotopic (exact) mass is 294 g/mol. The smallest absolute Gasteiger partial charge is 0.366 e. The van der Waals surface area contributed by atoms with Gasteiger partial charge in [-0.3, -0.25) is 9.79 Å². The molecule has 0 aliphatic carbocycles. The van der Waals surface area contributed by atoms with Crippen LogP contribution in [-0.2, 0) is 10.2 Å². The maximum absolute atomic E-state index is 13.6. The van der Waals surface area contributed by atoms with Gasteiger partial charge in [0.25, 0.3) is 0 Å². The maximum Gasteiger partial charge on any atom is 0.403 e. The number of nitriles is 1. The third-order valence-electron chi connectivity index (χ3n) is 3.16. The molecule has 0 aromatic carbocycles. The predicted molar refractivity (Wildman–Crippen MR) is 67.3 cm³/mol. The lowest BCUT2D eigenvalue weighted by Crippen LogP contribution is -2.46. The molecule has 0 saturated heterocycles. The molecule has 2 N–H and O–H groups in total. The largest absolute Gasteiger partial charge is 0.403 e. The Kier molecular flexibility index (Phi) is 3.51. The minimum Gasteiger partial charge on any atom is -0.366 e. The molecule has 108 valence electrons. The van der Waals surface area contributed by atoms with Crippen molar-refractivity contribution in [2.75, 3.05) is 6.54 Å². The second kappa shape index (κ2) is 5.01. The molecule has 0 spiro atoms. The van der Waals surface area contributed by atoms with Gasteiger partial charge in [-0.25, -0.2) is 4.98 Å². The minimum absolute atomic E-state index is 0.351. The van der Waals surface area contributed by atoms with Crippen molar-refractivity contribution in [2.45, 2.75) is 11.6 Å². The number of amides is 1. The summed E-state index contributed by atoms with van der Waals surface area (Å²) in [6.07, 6.45) is -1.84. The molecule has 0 bridgehead atoms. The Morgan fingerprint density at radius 1 is 1.48 bits per heavy atom. The first-order chi connectivity index (χ1) is 9.82. The number of nitrogens with two attached hydrogens (primary N) is 1. The Morgan fingerprint density at radius 3 is 2.76 bits per heavy atom. The first-order valence-electron chi connectivity index (χ1n) is 5.76. The molecule has 2 heterocycles. The van der Waals surface area contributed by atoms with E-state index in [-0.39, 0.29) is 16.8 Å². The number of nitrogens with zero attached hydrogens (tertiary/aromatic N) is 3. The molecular weight excluding hydrogens is 285 g/mol. The van der Waals surface area contributed by atoms with Crippen LogP contribution in [-0.4, -0.2) is 29.8 Å². The Hall–Kier alpha value is -2.69. The van der Waals surface area contributed by atoms with Gasteiger partial charge in [-0.15, -0.1) is 0 Å². The van der Waals surface area contributed by atoms with Gasteiger partial charge in [-0.1, -0.05) is 6.07 Å². The fourth-order valence-corrected chi connectivity index (χ4v) is 2.11. The maximum atomic E-state index is 13.6. The lowest BCUT2D eigenvalue weighted by Gasteiger charge is -2.34. The van der Waals surface area contributed by atoms with Crippen molar-refractivity contribution in [3.05, 3.63) is 41.2 Å². The molecule has 1 aromatic rings. The molecule has 0 fully saturated rings. The van der Waals surface area contributed by atoms with Crippen LogP contribution in [0, 0.1) is 11.3 Å². The van der Waals surface area contributed by atoms with Gasteiger partial charge in [0.2, 0.25) is 5.91 Å².